The fourth-order valence-electron chi connectivity index (χ4n) is 1.74. The monoisotopic (exact) mass is 273 g/mol. The van der Waals surface area contributed by atoms with Gasteiger partial charge in [-0.05, 0) is 12.1 Å². The predicted molar refractivity (Wildman–Crippen MR) is 76.4 cm³/mol. The second-order valence-corrected chi connectivity index (χ2v) is 4.39. The van der Waals surface area contributed by atoms with E-state index in [-0.39, 0.29) is 17.1 Å². The van der Waals surface area contributed by atoms with Crippen LogP contribution >= 0.6 is 0 Å². The number of phenolic OH excluding ortho intramolecular Hbond substituents is 3. The van der Waals surface area contributed by atoms with Gasteiger partial charge < -0.3 is 20.2 Å². The van der Waals surface area contributed by atoms with Crippen molar-refractivity contribution < 1.29 is 15.3 Å². The minimum Gasteiger partial charge on any atom is -0.506 e. The number of aromatic hydroxyl groups is 3. The third-order valence-electron chi connectivity index (χ3n) is 2.68. The van der Waals surface area contributed by atoms with E-state index in [2.05, 4.69) is 10.2 Å². The number of hydrogen-bond acceptors (Lipinski definition) is 6. The molecule has 0 amide bonds. The molecule has 0 heterocycles. The Balaban J connectivity index is 2.42. The van der Waals surface area contributed by atoms with Crippen molar-refractivity contribution in [3.63, 3.8) is 0 Å². The van der Waals surface area contributed by atoms with Gasteiger partial charge in [-0.3, -0.25) is 0 Å². The molecule has 0 fully saturated rings. The van der Waals surface area contributed by atoms with Crippen LogP contribution < -0.4 is 4.90 Å². The smallest absolute Gasteiger partial charge is 0.188 e. The molecule has 20 heavy (non-hydrogen) atoms. The van der Waals surface area contributed by atoms with E-state index in [1.54, 1.807) is 38.4 Å². The second kappa shape index (κ2) is 5.48. The zero-order valence-corrected chi connectivity index (χ0v) is 11.1. The van der Waals surface area contributed by atoms with Crippen LogP contribution in [0, 0.1) is 0 Å². The lowest BCUT2D eigenvalue weighted by Crippen LogP contribution is -2.09. The van der Waals surface area contributed by atoms with Crippen molar-refractivity contribution >= 4 is 17.1 Å². The molecular formula is C14H15N3O3. The van der Waals surface area contributed by atoms with Gasteiger partial charge in [0.1, 0.15) is 17.1 Å². The number of anilines is 1. The van der Waals surface area contributed by atoms with Gasteiger partial charge in [0, 0.05) is 20.2 Å². The average Bonchev–Trinajstić information content (AvgIpc) is 2.42. The summed E-state index contributed by atoms with van der Waals surface area (Å²) in [5.74, 6) is -1.05. The van der Waals surface area contributed by atoms with Crippen molar-refractivity contribution in [2.45, 2.75) is 0 Å². The Morgan fingerprint density at radius 1 is 0.900 bits per heavy atom. The van der Waals surface area contributed by atoms with E-state index in [1.165, 1.54) is 11.0 Å². The highest BCUT2D eigenvalue weighted by atomic mass is 16.3. The first-order valence-corrected chi connectivity index (χ1v) is 5.92. The molecule has 2 aromatic rings. The highest BCUT2D eigenvalue weighted by Gasteiger charge is 2.18. The summed E-state index contributed by atoms with van der Waals surface area (Å²) in [6.45, 7) is 0. The number of benzene rings is 2. The first-order valence-electron chi connectivity index (χ1n) is 5.92. The van der Waals surface area contributed by atoms with Gasteiger partial charge in [-0.1, -0.05) is 18.2 Å². The molecule has 0 aliphatic carbocycles. The van der Waals surface area contributed by atoms with E-state index in [4.69, 9.17) is 0 Å². The van der Waals surface area contributed by atoms with Crippen LogP contribution in [-0.4, -0.2) is 29.4 Å². The summed E-state index contributed by atoms with van der Waals surface area (Å²) in [5.41, 5.74) is 0.721. The highest BCUT2D eigenvalue weighted by molar-refractivity contribution is 5.77. The number of nitrogens with zero attached hydrogens (tertiary/aromatic N) is 3. The van der Waals surface area contributed by atoms with Crippen molar-refractivity contribution in [2.24, 2.45) is 10.2 Å². The van der Waals surface area contributed by atoms with Crippen LogP contribution in [0.5, 0.6) is 17.2 Å². The molecule has 0 aliphatic rings. The van der Waals surface area contributed by atoms with Crippen LogP contribution in [0.15, 0.2) is 46.6 Å². The average molecular weight is 273 g/mol. The summed E-state index contributed by atoms with van der Waals surface area (Å²) < 4.78 is 0. The van der Waals surface area contributed by atoms with Crippen LogP contribution in [0.4, 0.5) is 17.1 Å². The Kier molecular flexibility index (Phi) is 3.74. The van der Waals surface area contributed by atoms with E-state index >= 15 is 0 Å². The molecule has 104 valence electrons. The lowest BCUT2D eigenvalue weighted by atomic mass is 10.2. The first-order chi connectivity index (χ1) is 9.50. The van der Waals surface area contributed by atoms with Gasteiger partial charge in [0.05, 0.1) is 5.69 Å². The summed E-state index contributed by atoms with van der Waals surface area (Å²) in [7, 11) is 3.28. The predicted octanol–water partition coefficient (Wildman–Crippen LogP) is 3.28. The van der Waals surface area contributed by atoms with Crippen LogP contribution in [-0.2, 0) is 0 Å². The summed E-state index contributed by atoms with van der Waals surface area (Å²) >= 11 is 0. The molecular weight excluding hydrogens is 258 g/mol. The van der Waals surface area contributed by atoms with Crippen molar-refractivity contribution in [3.8, 4) is 17.2 Å². The molecule has 0 spiro atoms. The van der Waals surface area contributed by atoms with Gasteiger partial charge in [0.25, 0.3) is 0 Å². The standard InChI is InChI=1S/C14H15N3O3/c1-17(2)12-11(18)8-10(13(19)14(12)20)16-15-9-6-4-3-5-7-9/h3-8,18-20H,1-2H3. The van der Waals surface area contributed by atoms with Crippen molar-refractivity contribution in [1.82, 2.24) is 0 Å². The molecule has 2 rings (SSSR count). The molecule has 0 aromatic heterocycles. The third kappa shape index (κ3) is 2.64. The zero-order chi connectivity index (χ0) is 14.7. The minimum atomic E-state index is -0.433. The van der Waals surface area contributed by atoms with E-state index in [1.807, 2.05) is 6.07 Å². The molecule has 0 aliphatic heterocycles. The minimum absolute atomic E-state index is 0.00514. The topological polar surface area (TPSA) is 88.7 Å². The third-order valence-corrected chi connectivity index (χ3v) is 2.68. The summed E-state index contributed by atoms with van der Waals surface area (Å²) in [5, 5.41) is 37.4. The summed E-state index contributed by atoms with van der Waals surface area (Å²) in [6, 6.07) is 10.2. The quantitative estimate of drug-likeness (QED) is 0.455. The molecule has 6 heteroatoms. The lowest BCUT2D eigenvalue weighted by molar-refractivity contribution is 0.398. The maximum atomic E-state index is 9.89. The van der Waals surface area contributed by atoms with Gasteiger partial charge in [-0.2, -0.15) is 5.11 Å². The van der Waals surface area contributed by atoms with Gasteiger partial charge >= 0.3 is 0 Å². The molecule has 3 N–H and O–H groups in total. The molecule has 0 saturated heterocycles. The van der Waals surface area contributed by atoms with Gasteiger partial charge in [-0.25, -0.2) is 0 Å². The molecule has 0 saturated carbocycles. The largest absolute Gasteiger partial charge is 0.506 e. The van der Waals surface area contributed by atoms with E-state index in [9.17, 15) is 15.3 Å². The highest BCUT2D eigenvalue weighted by Crippen LogP contribution is 2.48. The van der Waals surface area contributed by atoms with Crippen LogP contribution in [0.1, 0.15) is 0 Å². The Bertz CT molecular complexity index is 640. The van der Waals surface area contributed by atoms with Crippen molar-refractivity contribution in [1.29, 1.82) is 0 Å². The molecule has 0 radical (unpaired) electrons. The second-order valence-electron chi connectivity index (χ2n) is 4.39. The summed E-state index contributed by atoms with van der Waals surface area (Å²) in [4.78, 5) is 1.49. The van der Waals surface area contributed by atoms with Gasteiger partial charge in [0.2, 0.25) is 0 Å². The molecule has 0 bridgehead atoms. The number of rotatable bonds is 3. The van der Waals surface area contributed by atoms with Gasteiger partial charge in [-0.15, -0.1) is 5.11 Å². The number of hydrogen-bond donors (Lipinski definition) is 3. The van der Waals surface area contributed by atoms with E-state index in [0.29, 0.717) is 5.69 Å². The molecule has 2 aromatic carbocycles. The summed E-state index contributed by atoms with van der Waals surface area (Å²) in [6.07, 6.45) is 0. The first kappa shape index (κ1) is 13.7. The zero-order valence-electron chi connectivity index (χ0n) is 11.1. The SMILES string of the molecule is CN(C)c1c(O)cc(N=Nc2ccccc2)c(O)c1O. The van der Waals surface area contributed by atoms with Crippen LogP contribution in [0.3, 0.4) is 0 Å². The number of phenols is 3. The van der Waals surface area contributed by atoms with Gasteiger partial charge in [0.15, 0.2) is 11.5 Å². The Hall–Kier alpha value is -2.76. The fourth-order valence-corrected chi connectivity index (χ4v) is 1.74. The van der Waals surface area contributed by atoms with Crippen LogP contribution in [0.2, 0.25) is 0 Å². The Morgan fingerprint density at radius 3 is 2.15 bits per heavy atom. The maximum absolute atomic E-state index is 9.89. The fraction of sp³-hybridized carbons (Fsp3) is 0.143. The van der Waals surface area contributed by atoms with E-state index < -0.39 is 11.5 Å². The normalized spacial score (nSPS) is 10.9. The van der Waals surface area contributed by atoms with Crippen molar-refractivity contribution in [3.05, 3.63) is 36.4 Å². The Morgan fingerprint density at radius 2 is 1.55 bits per heavy atom. The van der Waals surface area contributed by atoms with Crippen molar-refractivity contribution in [2.75, 3.05) is 19.0 Å². The molecule has 0 unspecified atom stereocenters. The van der Waals surface area contributed by atoms with Crippen LogP contribution in [0.25, 0.3) is 0 Å². The van der Waals surface area contributed by atoms with E-state index in [0.717, 1.165) is 0 Å². The number of azo groups is 1. The molecule has 6 nitrogen and oxygen atoms in total. The molecule has 0 atom stereocenters. The lowest BCUT2D eigenvalue weighted by Gasteiger charge is -2.17. The maximum Gasteiger partial charge on any atom is 0.188 e. The Labute approximate surface area is 116 Å².